The Hall–Kier alpha value is -3.85. The van der Waals surface area contributed by atoms with Gasteiger partial charge in [0.2, 0.25) is 11.8 Å². The molecule has 202 valence electrons. The van der Waals surface area contributed by atoms with E-state index in [1.54, 1.807) is 49.4 Å². The summed E-state index contributed by atoms with van der Waals surface area (Å²) in [6.45, 7) is 5.14. The molecule has 0 radical (unpaired) electrons. The number of methoxy groups -OCH3 is 1. The van der Waals surface area contributed by atoms with Crippen LogP contribution in [0, 0.1) is 0 Å². The number of ether oxygens (including phenoxy) is 1. The summed E-state index contributed by atoms with van der Waals surface area (Å²) in [5.74, 6) is -0.262. The van der Waals surface area contributed by atoms with Crippen molar-refractivity contribution in [1.82, 2.24) is 10.2 Å². The van der Waals surface area contributed by atoms with Gasteiger partial charge in [-0.05, 0) is 69.2 Å². The molecule has 2 amide bonds. The minimum atomic E-state index is -4.11. The molecule has 0 bridgehead atoms. The zero-order chi connectivity index (χ0) is 27.7. The van der Waals surface area contributed by atoms with E-state index in [-0.39, 0.29) is 23.4 Å². The van der Waals surface area contributed by atoms with E-state index in [2.05, 4.69) is 5.32 Å². The van der Waals surface area contributed by atoms with E-state index in [0.29, 0.717) is 17.9 Å². The SMILES string of the molecule is COc1ccc(S(=O)(=O)N(CC(=O)N(CCc2ccccc2)[C@H](C)C(=O)NC(C)C)c2ccccc2)cc1. The second-order valence-electron chi connectivity index (χ2n) is 9.18. The van der Waals surface area contributed by atoms with Crippen LogP contribution < -0.4 is 14.4 Å². The summed E-state index contributed by atoms with van der Waals surface area (Å²) in [4.78, 5) is 28.1. The molecule has 0 aromatic heterocycles. The number of hydrogen-bond acceptors (Lipinski definition) is 5. The Kier molecular flexibility index (Phi) is 9.90. The van der Waals surface area contributed by atoms with Crippen molar-refractivity contribution in [1.29, 1.82) is 0 Å². The molecule has 1 atom stereocenters. The van der Waals surface area contributed by atoms with Crippen LogP contribution in [0.2, 0.25) is 0 Å². The smallest absolute Gasteiger partial charge is 0.264 e. The summed E-state index contributed by atoms with van der Waals surface area (Å²) < 4.78 is 33.7. The van der Waals surface area contributed by atoms with Crippen LogP contribution >= 0.6 is 0 Å². The molecular formula is C29H35N3O5S. The molecule has 3 aromatic carbocycles. The molecule has 0 saturated carbocycles. The Morgan fingerprint density at radius 3 is 2.00 bits per heavy atom. The molecule has 0 unspecified atom stereocenters. The second-order valence-corrected chi connectivity index (χ2v) is 11.0. The minimum absolute atomic E-state index is 0.0244. The number of anilines is 1. The van der Waals surface area contributed by atoms with Crippen molar-refractivity contribution in [3.05, 3.63) is 90.5 Å². The minimum Gasteiger partial charge on any atom is -0.497 e. The number of sulfonamides is 1. The zero-order valence-corrected chi connectivity index (χ0v) is 23.0. The molecule has 0 aliphatic heterocycles. The monoisotopic (exact) mass is 537 g/mol. The number of para-hydroxylation sites is 1. The average molecular weight is 538 g/mol. The van der Waals surface area contributed by atoms with E-state index in [9.17, 15) is 18.0 Å². The highest BCUT2D eigenvalue weighted by Gasteiger charge is 2.32. The lowest BCUT2D eigenvalue weighted by molar-refractivity contribution is -0.139. The summed E-state index contributed by atoms with van der Waals surface area (Å²) in [5, 5.41) is 2.85. The summed E-state index contributed by atoms with van der Waals surface area (Å²) >= 11 is 0. The lowest BCUT2D eigenvalue weighted by Crippen LogP contribution is -2.53. The second kappa shape index (κ2) is 13.1. The van der Waals surface area contributed by atoms with Gasteiger partial charge >= 0.3 is 0 Å². The topological polar surface area (TPSA) is 96.0 Å². The van der Waals surface area contributed by atoms with Gasteiger partial charge in [0.05, 0.1) is 17.7 Å². The molecule has 3 rings (SSSR count). The van der Waals surface area contributed by atoms with Crippen molar-refractivity contribution in [3.8, 4) is 5.75 Å². The molecular weight excluding hydrogens is 502 g/mol. The third-order valence-electron chi connectivity index (χ3n) is 6.05. The van der Waals surface area contributed by atoms with Crippen LogP contribution in [0.15, 0.2) is 89.8 Å². The number of benzene rings is 3. The van der Waals surface area contributed by atoms with Crippen LogP contribution in [-0.4, -0.2) is 57.4 Å². The molecule has 0 spiro atoms. The number of hydrogen-bond donors (Lipinski definition) is 1. The van der Waals surface area contributed by atoms with Gasteiger partial charge in [-0.2, -0.15) is 0 Å². The van der Waals surface area contributed by atoms with Gasteiger partial charge in [-0.15, -0.1) is 0 Å². The number of nitrogens with one attached hydrogen (secondary N) is 1. The lowest BCUT2D eigenvalue weighted by atomic mass is 10.1. The Balaban J connectivity index is 1.95. The van der Waals surface area contributed by atoms with Crippen molar-refractivity contribution in [2.24, 2.45) is 0 Å². The standard InChI is InChI=1S/C29H35N3O5S/c1-22(2)30-29(34)23(3)31(20-19-24-11-7-5-8-12-24)28(33)21-32(25-13-9-6-10-14-25)38(35,36)27-17-15-26(37-4)16-18-27/h5-18,22-23H,19-21H2,1-4H3,(H,30,34)/t23-/m1/s1. The zero-order valence-electron chi connectivity index (χ0n) is 22.2. The number of nitrogens with zero attached hydrogens (tertiary/aromatic N) is 2. The van der Waals surface area contributed by atoms with E-state index in [1.165, 1.54) is 24.1 Å². The molecule has 0 fully saturated rings. The predicted molar refractivity (Wildman–Crippen MR) is 149 cm³/mol. The van der Waals surface area contributed by atoms with Crippen molar-refractivity contribution >= 4 is 27.5 Å². The van der Waals surface area contributed by atoms with E-state index in [0.717, 1.165) is 9.87 Å². The summed E-state index contributed by atoms with van der Waals surface area (Å²) in [6.07, 6.45) is 0.516. The number of amides is 2. The molecule has 1 N–H and O–H groups in total. The van der Waals surface area contributed by atoms with E-state index in [4.69, 9.17) is 4.74 Å². The van der Waals surface area contributed by atoms with Crippen LogP contribution in [0.25, 0.3) is 0 Å². The van der Waals surface area contributed by atoms with E-state index in [1.807, 2.05) is 44.2 Å². The van der Waals surface area contributed by atoms with Crippen LogP contribution in [0.5, 0.6) is 5.75 Å². The molecule has 38 heavy (non-hydrogen) atoms. The summed E-state index contributed by atoms with van der Waals surface area (Å²) in [6, 6.07) is 23.2. The maximum absolute atomic E-state index is 13.8. The Morgan fingerprint density at radius 2 is 1.45 bits per heavy atom. The quantitative estimate of drug-likeness (QED) is 0.378. The number of carbonyl (C=O) groups excluding carboxylic acids is 2. The Labute approximate surface area is 225 Å². The fourth-order valence-corrected chi connectivity index (χ4v) is 5.39. The van der Waals surface area contributed by atoms with E-state index < -0.39 is 28.5 Å². The molecule has 9 heteroatoms. The molecule has 0 saturated heterocycles. The highest BCUT2D eigenvalue weighted by atomic mass is 32.2. The van der Waals surface area contributed by atoms with Crippen LogP contribution in [0.4, 0.5) is 5.69 Å². The fraction of sp³-hybridized carbons (Fsp3) is 0.310. The third kappa shape index (κ3) is 7.35. The van der Waals surface area contributed by atoms with Crippen molar-refractivity contribution in [2.45, 2.75) is 44.2 Å². The highest BCUT2D eigenvalue weighted by Crippen LogP contribution is 2.25. The Bertz CT molecular complexity index is 1300. The largest absolute Gasteiger partial charge is 0.497 e. The van der Waals surface area contributed by atoms with Gasteiger partial charge in [0.25, 0.3) is 10.0 Å². The first-order valence-electron chi connectivity index (χ1n) is 12.5. The normalized spacial score (nSPS) is 12.0. The van der Waals surface area contributed by atoms with Crippen LogP contribution in [0.1, 0.15) is 26.3 Å². The lowest BCUT2D eigenvalue weighted by Gasteiger charge is -2.32. The first-order chi connectivity index (χ1) is 18.1. The van der Waals surface area contributed by atoms with Crippen molar-refractivity contribution in [2.75, 3.05) is 24.5 Å². The number of carbonyl (C=O) groups is 2. The van der Waals surface area contributed by atoms with Gasteiger partial charge in [0.1, 0.15) is 18.3 Å². The van der Waals surface area contributed by atoms with E-state index >= 15 is 0 Å². The molecule has 3 aromatic rings. The molecule has 0 aliphatic rings. The third-order valence-corrected chi connectivity index (χ3v) is 7.84. The summed E-state index contributed by atoms with van der Waals surface area (Å²) in [7, 11) is -2.61. The molecule has 0 heterocycles. The van der Waals surface area contributed by atoms with Crippen molar-refractivity contribution < 1.29 is 22.7 Å². The van der Waals surface area contributed by atoms with Gasteiger partial charge < -0.3 is 15.0 Å². The average Bonchev–Trinajstić information content (AvgIpc) is 2.92. The first kappa shape index (κ1) is 28.7. The van der Waals surface area contributed by atoms with Gasteiger partial charge in [-0.3, -0.25) is 13.9 Å². The predicted octanol–water partition coefficient (Wildman–Crippen LogP) is 3.87. The maximum Gasteiger partial charge on any atom is 0.264 e. The van der Waals surface area contributed by atoms with Gasteiger partial charge in [0.15, 0.2) is 0 Å². The molecule has 0 aliphatic carbocycles. The van der Waals surface area contributed by atoms with Gasteiger partial charge in [-0.1, -0.05) is 48.5 Å². The fourth-order valence-electron chi connectivity index (χ4n) is 3.97. The first-order valence-corrected chi connectivity index (χ1v) is 13.9. The molecule has 8 nitrogen and oxygen atoms in total. The summed E-state index contributed by atoms with van der Waals surface area (Å²) in [5.41, 5.74) is 1.35. The van der Waals surface area contributed by atoms with Crippen LogP contribution in [-0.2, 0) is 26.0 Å². The Morgan fingerprint density at radius 1 is 0.868 bits per heavy atom. The van der Waals surface area contributed by atoms with Crippen molar-refractivity contribution in [3.63, 3.8) is 0 Å². The highest BCUT2D eigenvalue weighted by molar-refractivity contribution is 7.92. The number of rotatable bonds is 12. The maximum atomic E-state index is 13.8. The van der Waals surface area contributed by atoms with Gasteiger partial charge in [0, 0.05) is 12.6 Å². The van der Waals surface area contributed by atoms with Crippen LogP contribution in [0.3, 0.4) is 0 Å². The van der Waals surface area contributed by atoms with Gasteiger partial charge in [-0.25, -0.2) is 8.42 Å².